The van der Waals surface area contributed by atoms with Gasteiger partial charge in [-0.05, 0) is 19.1 Å². The fraction of sp³-hybridized carbons (Fsp3) is 0.167. The lowest BCUT2D eigenvalue weighted by molar-refractivity contribution is 0.252. The fourth-order valence-electron chi connectivity index (χ4n) is 1.42. The lowest BCUT2D eigenvalue weighted by atomic mass is 10.1. The molecule has 4 N–H and O–H groups in total. The highest BCUT2D eigenvalue weighted by Crippen LogP contribution is 2.25. The molecule has 0 saturated carbocycles. The molecule has 0 aliphatic rings. The first-order valence-corrected chi connectivity index (χ1v) is 6.43. The molecule has 2 rings (SSSR count). The van der Waals surface area contributed by atoms with Gasteiger partial charge < -0.3 is 11.1 Å². The summed E-state index contributed by atoms with van der Waals surface area (Å²) >= 11 is 1.39. The summed E-state index contributed by atoms with van der Waals surface area (Å²) in [7, 11) is 0. The first-order chi connectivity index (χ1) is 8.69. The normalized spacial score (nSPS) is 10.1. The molecule has 1 heterocycles. The van der Waals surface area contributed by atoms with Crippen molar-refractivity contribution in [2.24, 2.45) is 0 Å². The third-order valence-corrected chi connectivity index (χ3v) is 3.03. The Morgan fingerprint density at radius 1 is 1.39 bits per heavy atom. The Kier molecular flexibility index (Phi) is 3.78. The molecule has 18 heavy (non-hydrogen) atoms. The van der Waals surface area contributed by atoms with Gasteiger partial charge in [0.25, 0.3) is 0 Å². The predicted molar refractivity (Wildman–Crippen MR) is 74.7 cm³/mol. The van der Waals surface area contributed by atoms with Crippen LogP contribution in [-0.4, -0.2) is 17.6 Å². The van der Waals surface area contributed by atoms with Crippen molar-refractivity contribution in [2.75, 3.05) is 17.6 Å². The summed E-state index contributed by atoms with van der Waals surface area (Å²) in [4.78, 5) is 15.7. The summed E-state index contributed by atoms with van der Waals surface area (Å²) < 4.78 is 0. The maximum atomic E-state index is 11.3. The number of benzene rings is 1. The number of carbonyl (C=O) groups is 1. The molecule has 5 nitrogen and oxygen atoms in total. The van der Waals surface area contributed by atoms with Crippen molar-refractivity contribution in [3.8, 4) is 11.3 Å². The van der Waals surface area contributed by atoms with Gasteiger partial charge >= 0.3 is 6.03 Å². The van der Waals surface area contributed by atoms with Crippen LogP contribution in [0.5, 0.6) is 0 Å². The number of nitrogens with one attached hydrogen (secondary N) is 2. The molecule has 0 atom stereocenters. The van der Waals surface area contributed by atoms with Crippen LogP contribution in [0.3, 0.4) is 0 Å². The Morgan fingerprint density at radius 3 is 2.78 bits per heavy atom. The van der Waals surface area contributed by atoms with Crippen LogP contribution >= 0.6 is 11.3 Å². The Bertz CT molecular complexity index is 535. The number of hydrogen-bond donors (Lipinski definition) is 3. The number of nitrogens with two attached hydrogens (primary N) is 1. The van der Waals surface area contributed by atoms with Crippen molar-refractivity contribution in [3.63, 3.8) is 0 Å². The number of aromatic nitrogens is 1. The van der Waals surface area contributed by atoms with Crippen molar-refractivity contribution in [2.45, 2.75) is 6.92 Å². The van der Waals surface area contributed by atoms with Crippen LogP contribution in [0.25, 0.3) is 11.3 Å². The van der Waals surface area contributed by atoms with E-state index in [1.165, 1.54) is 11.3 Å². The zero-order valence-electron chi connectivity index (χ0n) is 9.93. The Labute approximate surface area is 109 Å². The third kappa shape index (κ3) is 2.98. The highest BCUT2D eigenvalue weighted by molar-refractivity contribution is 7.14. The van der Waals surface area contributed by atoms with Crippen molar-refractivity contribution in [1.29, 1.82) is 0 Å². The molecule has 1 aromatic heterocycles. The van der Waals surface area contributed by atoms with Crippen LogP contribution in [-0.2, 0) is 0 Å². The van der Waals surface area contributed by atoms with Crippen molar-refractivity contribution in [3.05, 3.63) is 29.6 Å². The number of amides is 2. The number of rotatable bonds is 3. The molecule has 0 spiro atoms. The maximum Gasteiger partial charge on any atom is 0.321 e. The summed E-state index contributed by atoms with van der Waals surface area (Å²) in [5, 5.41) is 7.80. The van der Waals surface area contributed by atoms with E-state index in [2.05, 4.69) is 15.6 Å². The van der Waals surface area contributed by atoms with Crippen LogP contribution in [0.2, 0.25) is 0 Å². The number of thiazole rings is 1. The third-order valence-electron chi connectivity index (χ3n) is 2.27. The van der Waals surface area contributed by atoms with Gasteiger partial charge in [0.1, 0.15) is 0 Å². The summed E-state index contributed by atoms with van der Waals surface area (Å²) in [6.07, 6.45) is 0. The lowest BCUT2D eigenvalue weighted by Crippen LogP contribution is -2.28. The monoisotopic (exact) mass is 262 g/mol. The molecule has 0 radical (unpaired) electrons. The van der Waals surface area contributed by atoms with Crippen LogP contribution < -0.4 is 16.4 Å². The number of carbonyl (C=O) groups excluding carboxylic acids is 1. The average Bonchev–Trinajstić information content (AvgIpc) is 2.78. The van der Waals surface area contributed by atoms with E-state index in [1.807, 2.05) is 36.6 Å². The summed E-state index contributed by atoms with van der Waals surface area (Å²) in [6.45, 7) is 2.45. The van der Waals surface area contributed by atoms with E-state index in [0.29, 0.717) is 11.7 Å². The van der Waals surface area contributed by atoms with E-state index in [-0.39, 0.29) is 6.03 Å². The molecule has 0 saturated heterocycles. The second kappa shape index (κ2) is 5.50. The van der Waals surface area contributed by atoms with Crippen LogP contribution in [0.1, 0.15) is 6.92 Å². The Hall–Kier alpha value is -2.08. The van der Waals surface area contributed by atoms with Gasteiger partial charge in [0.05, 0.1) is 5.69 Å². The van der Waals surface area contributed by atoms with E-state index in [4.69, 9.17) is 5.73 Å². The Balaban J connectivity index is 2.10. The van der Waals surface area contributed by atoms with Crippen molar-refractivity contribution < 1.29 is 4.79 Å². The predicted octanol–water partition coefficient (Wildman–Crippen LogP) is 2.53. The van der Waals surface area contributed by atoms with Crippen molar-refractivity contribution >= 4 is 28.2 Å². The fourth-order valence-corrected chi connectivity index (χ4v) is 2.13. The molecule has 1 aromatic carbocycles. The molecule has 0 unspecified atom stereocenters. The highest BCUT2D eigenvalue weighted by atomic mass is 32.1. The molecule has 0 bridgehead atoms. The van der Waals surface area contributed by atoms with Gasteiger partial charge in [-0.15, -0.1) is 11.3 Å². The second-order valence-corrected chi connectivity index (χ2v) is 4.50. The number of urea groups is 1. The van der Waals surface area contributed by atoms with E-state index >= 15 is 0 Å². The van der Waals surface area contributed by atoms with Crippen LogP contribution in [0.4, 0.5) is 15.6 Å². The van der Waals surface area contributed by atoms with Crippen LogP contribution in [0.15, 0.2) is 29.6 Å². The molecular formula is C12H14N4OS. The van der Waals surface area contributed by atoms with Gasteiger partial charge in [-0.25, -0.2) is 9.78 Å². The van der Waals surface area contributed by atoms with Gasteiger partial charge in [0.15, 0.2) is 5.13 Å². The first-order valence-electron chi connectivity index (χ1n) is 5.55. The highest BCUT2D eigenvalue weighted by Gasteiger charge is 2.06. The van der Waals surface area contributed by atoms with E-state index in [1.54, 1.807) is 0 Å². The van der Waals surface area contributed by atoms with Gasteiger partial charge in [0, 0.05) is 23.2 Å². The molecule has 94 valence electrons. The van der Waals surface area contributed by atoms with E-state index < -0.39 is 0 Å². The zero-order valence-corrected chi connectivity index (χ0v) is 10.8. The molecule has 2 amide bonds. The maximum absolute atomic E-state index is 11.3. The van der Waals surface area contributed by atoms with Crippen molar-refractivity contribution in [1.82, 2.24) is 10.3 Å². The minimum Gasteiger partial charge on any atom is -0.399 e. The number of nitrogens with zero attached hydrogens (tertiary/aromatic N) is 1. The number of nitrogen functional groups attached to an aromatic ring is 1. The largest absolute Gasteiger partial charge is 0.399 e. The number of hydrogen-bond acceptors (Lipinski definition) is 4. The molecule has 0 aliphatic heterocycles. The van der Waals surface area contributed by atoms with Crippen LogP contribution in [0, 0.1) is 0 Å². The second-order valence-electron chi connectivity index (χ2n) is 3.64. The van der Waals surface area contributed by atoms with E-state index in [0.717, 1.165) is 16.9 Å². The minimum atomic E-state index is -0.240. The van der Waals surface area contributed by atoms with Gasteiger partial charge in [0.2, 0.25) is 0 Å². The topological polar surface area (TPSA) is 80.0 Å². The zero-order chi connectivity index (χ0) is 13.0. The number of anilines is 2. The minimum absolute atomic E-state index is 0.240. The lowest BCUT2D eigenvalue weighted by Gasteiger charge is -2.01. The summed E-state index contributed by atoms with van der Waals surface area (Å²) in [6, 6.07) is 7.22. The summed E-state index contributed by atoms with van der Waals surface area (Å²) in [5.74, 6) is 0. The van der Waals surface area contributed by atoms with E-state index in [9.17, 15) is 4.79 Å². The molecule has 2 aromatic rings. The van der Waals surface area contributed by atoms with Gasteiger partial charge in [-0.3, -0.25) is 5.32 Å². The summed E-state index contributed by atoms with van der Waals surface area (Å²) in [5.41, 5.74) is 8.15. The SMILES string of the molecule is CCNC(=O)Nc1nc(-c2ccc(N)cc2)cs1. The quantitative estimate of drug-likeness (QED) is 0.744. The molecule has 6 heteroatoms. The average molecular weight is 262 g/mol. The smallest absolute Gasteiger partial charge is 0.321 e. The molecular weight excluding hydrogens is 248 g/mol. The molecule has 0 aliphatic carbocycles. The van der Waals surface area contributed by atoms with Gasteiger partial charge in [-0.1, -0.05) is 12.1 Å². The standard InChI is InChI=1S/C12H14N4OS/c1-2-14-11(17)16-12-15-10(7-18-12)8-3-5-9(13)6-4-8/h3-7H,2,13H2,1H3,(H2,14,15,16,17). The Morgan fingerprint density at radius 2 is 2.11 bits per heavy atom. The molecule has 0 fully saturated rings. The van der Waals surface area contributed by atoms with Gasteiger partial charge in [-0.2, -0.15) is 0 Å². The first kappa shape index (κ1) is 12.4.